The molecule has 0 aromatic heterocycles. The summed E-state index contributed by atoms with van der Waals surface area (Å²) in [6, 6.07) is 5.55. The molecule has 0 spiro atoms. The summed E-state index contributed by atoms with van der Waals surface area (Å²) < 4.78 is 28.2. The molecule has 21 heavy (non-hydrogen) atoms. The molecular formula is C16H22N2O2S. The normalized spacial score (nSPS) is 36.8. The van der Waals surface area contributed by atoms with Gasteiger partial charge in [-0.15, -0.1) is 0 Å². The SMILES string of the molecule is Cc1cc(CN)ccc1S(=O)(=O)NC1C2C3CCC(C3)C12. The quantitative estimate of drug-likeness (QED) is 0.890. The van der Waals surface area contributed by atoms with Crippen LogP contribution < -0.4 is 10.5 Å². The maximum absolute atomic E-state index is 12.6. The van der Waals surface area contributed by atoms with Crippen molar-refractivity contribution in [1.29, 1.82) is 0 Å². The molecule has 3 aliphatic carbocycles. The van der Waals surface area contributed by atoms with E-state index in [2.05, 4.69) is 4.72 Å². The number of fused-ring (bicyclic) bond motifs is 5. The largest absolute Gasteiger partial charge is 0.326 e. The lowest BCUT2D eigenvalue weighted by atomic mass is 10.0. The molecule has 4 atom stereocenters. The number of sulfonamides is 1. The van der Waals surface area contributed by atoms with Crippen LogP contribution in [-0.4, -0.2) is 14.5 Å². The van der Waals surface area contributed by atoms with E-state index in [0.29, 0.717) is 23.3 Å². The Labute approximate surface area is 126 Å². The van der Waals surface area contributed by atoms with E-state index in [9.17, 15) is 8.42 Å². The van der Waals surface area contributed by atoms with Gasteiger partial charge in [0.1, 0.15) is 0 Å². The Morgan fingerprint density at radius 1 is 1.24 bits per heavy atom. The number of benzene rings is 1. The van der Waals surface area contributed by atoms with Crippen molar-refractivity contribution in [2.24, 2.45) is 29.4 Å². The van der Waals surface area contributed by atoms with Crippen LogP contribution in [0.4, 0.5) is 0 Å². The summed E-state index contributed by atoms with van der Waals surface area (Å²) in [6.07, 6.45) is 3.93. The molecule has 2 bridgehead atoms. The molecule has 0 aliphatic heterocycles. The van der Waals surface area contributed by atoms with Gasteiger partial charge in [-0.25, -0.2) is 13.1 Å². The average Bonchev–Trinajstić information content (AvgIpc) is 2.85. The van der Waals surface area contributed by atoms with Crippen molar-refractivity contribution in [3.8, 4) is 0 Å². The first-order valence-electron chi connectivity index (χ1n) is 7.83. The second-order valence-corrected chi connectivity index (χ2v) is 8.62. The molecule has 4 rings (SSSR count). The molecule has 0 saturated heterocycles. The zero-order valence-electron chi connectivity index (χ0n) is 12.2. The lowest BCUT2D eigenvalue weighted by Crippen LogP contribution is -2.30. The molecule has 0 radical (unpaired) electrons. The van der Waals surface area contributed by atoms with E-state index in [0.717, 1.165) is 23.0 Å². The van der Waals surface area contributed by atoms with Crippen molar-refractivity contribution in [2.75, 3.05) is 0 Å². The molecule has 3 aliphatic rings. The van der Waals surface area contributed by atoms with Gasteiger partial charge in [0.15, 0.2) is 0 Å². The van der Waals surface area contributed by atoms with Crippen molar-refractivity contribution >= 4 is 10.0 Å². The van der Waals surface area contributed by atoms with Crippen LogP contribution >= 0.6 is 0 Å². The van der Waals surface area contributed by atoms with Gasteiger partial charge in [-0.05, 0) is 67.1 Å². The summed E-state index contributed by atoms with van der Waals surface area (Å²) in [6.45, 7) is 2.27. The fraction of sp³-hybridized carbons (Fsp3) is 0.625. The maximum atomic E-state index is 12.6. The Hall–Kier alpha value is -0.910. The molecule has 3 fully saturated rings. The van der Waals surface area contributed by atoms with Gasteiger partial charge in [-0.3, -0.25) is 0 Å². The van der Waals surface area contributed by atoms with E-state index in [1.165, 1.54) is 19.3 Å². The molecule has 4 unspecified atom stereocenters. The van der Waals surface area contributed by atoms with Crippen LogP contribution in [0.2, 0.25) is 0 Å². The maximum Gasteiger partial charge on any atom is 0.241 e. The van der Waals surface area contributed by atoms with Crippen LogP contribution in [0.25, 0.3) is 0 Å². The second-order valence-electron chi connectivity index (χ2n) is 6.94. The first kappa shape index (κ1) is 13.7. The summed E-state index contributed by atoms with van der Waals surface area (Å²) in [4.78, 5) is 0.400. The number of aryl methyl sites for hydroxylation is 1. The smallest absolute Gasteiger partial charge is 0.241 e. The third kappa shape index (κ3) is 2.05. The first-order valence-corrected chi connectivity index (χ1v) is 9.31. The molecule has 114 valence electrons. The summed E-state index contributed by atoms with van der Waals surface area (Å²) in [5, 5.41) is 0. The molecular weight excluding hydrogens is 284 g/mol. The summed E-state index contributed by atoms with van der Waals surface area (Å²) in [5.74, 6) is 2.77. The number of hydrogen-bond donors (Lipinski definition) is 2. The van der Waals surface area contributed by atoms with Crippen LogP contribution in [-0.2, 0) is 16.6 Å². The third-order valence-corrected chi connectivity index (χ3v) is 7.41. The van der Waals surface area contributed by atoms with Crippen LogP contribution in [0.1, 0.15) is 30.4 Å². The standard InChI is InChI=1S/C16H22N2O2S/c1-9-6-10(8-17)2-5-13(9)21(19,20)18-16-14-11-3-4-12(7-11)15(14)16/h2,5-6,11-12,14-16,18H,3-4,7-8,17H2,1H3. The monoisotopic (exact) mass is 306 g/mol. The Kier molecular flexibility index (Phi) is 2.97. The first-order chi connectivity index (χ1) is 10.0. The summed E-state index contributed by atoms with van der Waals surface area (Å²) in [7, 11) is -3.40. The second kappa shape index (κ2) is 4.54. The molecule has 1 aromatic rings. The number of nitrogens with one attached hydrogen (secondary N) is 1. The highest BCUT2D eigenvalue weighted by Gasteiger charge is 2.65. The zero-order chi connectivity index (χ0) is 14.8. The topological polar surface area (TPSA) is 72.2 Å². The minimum Gasteiger partial charge on any atom is -0.326 e. The fourth-order valence-electron chi connectivity index (χ4n) is 4.87. The van der Waals surface area contributed by atoms with Gasteiger partial charge >= 0.3 is 0 Å². The minimum absolute atomic E-state index is 0.190. The van der Waals surface area contributed by atoms with Gasteiger partial charge in [0.2, 0.25) is 10.0 Å². The lowest BCUT2D eigenvalue weighted by molar-refractivity contribution is 0.456. The molecule has 0 heterocycles. The van der Waals surface area contributed by atoms with Gasteiger partial charge in [-0.2, -0.15) is 0 Å². The van der Waals surface area contributed by atoms with E-state index in [-0.39, 0.29) is 6.04 Å². The van der Waals surface area contributed by atoms with Gasteiger partial charge < -0.3 is 5.73 Å². The van der Waals surface area contributed by atoms with E-state index >= 15 is 0 Å². The fourth-order valence-corrected chi connectivity index (χ4v) is 6.40. The van der Waals surface area contributed by atoms with Crippen molar-refractivity contribution in [1.82, 2.24) is 4.72 Å². The highest BCUT2D eigenvalue weighted by atomic mass is 32.2. The van der Waals surface area contributed by atoms with Gasteiger partial charge in [-0.1, -0.05) is 12.1 Å². The number of nitrogens with two attached hydrogens (primary N) is 1. The molecule has 5 heteroatoms. The molecule has 1 aromatic carbocycles. The van der Waals surface area contributed by atoms with Crippen molar-refractivity contribution in [2.45, 2.75) is 43.7 Å². The number of hydrogen-bond acceptors (Lipinski definition) is 3. The van der Waals surface area contributed by atoms with Crippen molar-refractivity contribution < 1.29 is 8.42 Å². The van der Waals surface area contributed by atoms with Crippen LogP contribution in [0, 0.1) is 30.6 Å². The highest BCUT2D eigenvalue weighted by molar-refractivity contribution is 7.89. The molecule has 3 N–H and O–H groups in total. The van der Waals surface area contributed by atoms with E-state index in [1.54, 1.807) is 12.1 Å². The Balaban J connectivity index is 1.55. The third-order valence-electron chi connectivity index (χ3n) is 5.79. The Bertz CT molecular complexity index is 670. The Morgan fingerprint density at radius 3 is 2.48 bits per heavy atom. The van der Waals surface area contributed by atoms with E-state index in [1.807, 2.05) is 13.0 Å². The van der Waals surface area contributed by atoms with Gasteiger partial charge in [0.25, 0.3) is 0 Å². The van der Waals surface area contributed by atoms with E-state index in [4.69, 9.17) is 5.73 Å². The Morgan fingerprint density at radius 2 is 1.90 bits per heavy atom. The summed E-state index contributed by atoms with van der Waals surface area (Å²) >= 11 is 0. The predicted octanol–water partition coefficient (Wildman–Crippen LogP) is 1.78. The molecule has 4 nitrogen and oxygen atoms in total. The predicted molar refractivity (Wildman–Crippen MR) is 81.0 cm³/mol. The lowest BCUT2D eigenvalue weighted by Gasteiger charge is -2.13. The van der Waals surface area contributed by atoms with Crippen LogP contribution in [0.3, 0.4) is 0 Å². The van der Waals surface area contributed by atoms with Crippen molar-refractivity contribution in [3.63, 3.8) is 0 Å². The molecule has 3 saturated carbocycles. The van der Waals surface area contributed by atoms with Crippen molar-refractivity contribution in [3.05, 3.63) is 29.3 Å². The average molecular weight is 306 g/mol. The number of rotatable bonds is 4. The summed E-state index contributed by atoms with van der Waals surface area (Å²) in [5.41, 5.74) is 7.35. The van der Waals surface area contributed by atoms with Crippen LogP contribution in [0.5, 0.6) is 0 Å². The van der Waals surface area contributed by atoms with E-state index < -0.39 is 10.0 Å². The van der Waals surface area contributed by atoms with Crippen LogP contribution in [0.15, 0.2) is 23.1 Å². The zero-order valence-corrected chi connectivity index (χ0v) is 13.1. The minimum atomic E-state index is -3.40. The van der Waals surface area contributed by atoms with Gasteiger partial charge in [0.05, 0.1) is 4.90 Å². The highest BCUT2D eigenvalue weighted by Crippen LogP contribution is 2.65. The van der Waals surface area contributed by atoms with Gasteiger partial charge in [0, 0.05) is 12.6 Å². The molecule has 0 amide bonds.